The molecular weight excluding hydrogens is 352 g/mol. The van der Waals surface area contributed by atoms with E-state index in [4.69, 9.17) is 19.3 Å². The monoisotopic (exact) mass is 376 g/mol. The minimum atomic E-state index is -0.711. The quantitative estimate of drug-likeness (QED) is 0.321. The van der Waals surface area contributed by atoms with Gasteiger partial charge in [0.25, 0.3) is 0 Å². The molecule has 6 atom stereocenters. The summed E-state index contributed by atoms with van der Waals surface area (Å²) in [5.41, 5.74) is 1.07. The highest BCUT2D eigenvalue weighted by Gasteiger charge is 2.65. The summed E-state index contributed by atoms with van der Waals surface area (Å²) in [5, 5.41) is 18.4. The van der Waals surface area contributed by atoms with E-state index in [0.717, 1.165) is 12.0 Å². The molecule has 2 aliphatic heterocycles. The van der Waals surface area contributed by atoms with Gasteiger partial charge in [-0.2, -0.15) is 0 Å². The van der Waals surface area contributed by atoms with Gasteiger partial charge < -0.3 is 24.4 Å². The number of aliphatic hydroxyl groups is 2. The summed E-state index contributed by atoms with van der Waals surface area (Å²) >= 11 is 0. The molecule has 0 bridgehead atoms. The minimum absolute atomic E-state index is 0.0174. The van der Waals surface area contributed by atoms with Crippen LogP contribution < -0.4 is 0 Å². The van der Waals surface area contributed by atoms with Crippen molar-refractivity contribution in [2.24, 2.45) is 17.8 Å². The van der Waals surface area contributed by atoms with E-state index in [1.807, 2.05) is 6.92 Å². The second-order valence-corrected chi connectivity index (χ2v) is 7.81. The molecule has 2 N–H and O–H groups in total. The van der Waals surface area contributed by atoms with E-state index in [9.17, 15) is 14.7 Å². The first kappa shape index (κ1) is 18.4. The second kappa shape index (κ2) is 6.58. The van der Waals surface area contributed by atoms with Crippen LogP contribution in [0.2, 0.25) is 0 Å². The number of carbonyl (C=O) groups is 2. The highest BCUT2D eigenvalue weighted by Crippen LogP contribution is 2.58. The maximum atomic E-state index is 12.5. The van der Waals surface area contributed by atoms with Gasteiger partial charge in [0.2, 0.25) is 0 Å². The number of aliphatic hydroxyl groups excluding tert-OH is 2. The Kier molecular flexibility index (Phi) is 4.49. The Labute approximate surface area is 157 Å². The van der Waals surface area contributed by atoms with Crippen LogP contribution in [0.3, 0.4) is 0 Å². The van der Waals surface area contributed by atoms with Crippen LogP contribution >= 0.6 is 0 Å². The molecule has 2 aliphatic carbocycles. The molecular formula is C20H24O7. The summed E-state index contributed by atoms with van der Waals surface area (Å²) in [7, 11) is 0. The molecule has 0 aromatic carbocycles. The van der Waals surface area contributed by atoms with Crippen molar-refractivity contribution in [1.29, 1.82) is 0 Å². The zero-order valence-corrected chi connectivity index (χ0v) is 15.2. The Bertz CT molecular complexity index is 745. The summed E-state index contributed by atoms with van der Waals surface area (Å²) in [6.07, 6.45) is 3.61. The van der Waals surface area contributed by atoms with Crippen molar-refractivity contribution in [3.05, 3.63) is 35.5 Å². The number of fused-ring (bicyclic) bond motifs is 4. The van der Waals surface area contributed by atoms with Crippen molar-refractivity contribution in [3.63, 3.8) is 0 Å². The van der Waals surface area contributed by atoms with Crippen LogP contribution in [0, 0.1) is 17.8 Å². The molecule has 0 amide bonds. The van der Waals surface area contributed by atoms with Crippen molar-refractivity contribution < 1.29 is 34.0 Å². The molecule has 1 spiro atoms. The lowest BCUT2D eigenvalue weighted by Crippen LogP contribution is -2.36. The molecule has 3 fully saturated rings. The molecule has 4 aliphatic rings. The van der Waals surface area contributed by atoms with Gasteiger partial charge in [0.1, 0.15) is 12.2 Å². The molecule has 2 saturated heterocycles. The van der Waals surface area contributed by atoms with Crippen LogP contribution in [0.4, 0.5) is 0 Å². The van der Waals surface area contributed by atoms with Gasteiger partial charge in [-0.25, -0.2) is 9.59 Å². The Balaban J connectivity index is 1.68. The zero-order chi connectivity index (χ0) is 19.3. The third-order valence-electron chi connectivity index (χ3n) is 6.44. The van der Waals surface area contributed by atoms with E-state index in [1.54, 1.807) is 0 Å². The zero-order valence-electron chi connectivity index (χ0n) is 15.2. The minimum Gasteiger partial charge on any atom is -0.458 e. The molecule has 6 unspecified atom stereocenters. The van der Waals surface area contributed by atoms with Crippen molar-refractivity contribution in [3.8, 4) is 0 Å². The molecule has 0 aromatic rings. The maximum Gasteiger partial charge on any atom is 0.336 e. The van der Waals surface area contributed by atoms with Gasteiger partial charge in [-0.15, -0.1) is 0 Å². The highest BCUT2D eigenvalue weighted by atomic mass is 16.6. The summed E-state index contributed by atoms with van der Waals surface area (Å²) in [6.45, 7) is 5.60. The van der Waals surface area contributed by atoms with E-state index in [2.05, 4.69) is 12.7 Å². The van der Waals surface area contributed by atoms with Gasteiger partial charge >= 0.3 is 11.9 Å². The first-order valence-corrected chi connectivity index (χ1v) is 9.24. The van der Waals surface area contributed by atoms with Gasteiger partial charge in [-0.1, -0.05) is 18.2 Å². The number of hydrogen-bond acceptors (Lipinski definition) is 7. The standard InChI is InChI=1S/C20H24O7/c1-10-3-4-13-15(10)17-16(11(2)18(23)27-17)14(7-20(13)9-25-20)26-19(24)12(8-22)5-6-21/h3,5,13-17,21-22H,2,4,6-9H2,1H3. The van der Waals surface area contributed by atoms with Crippen LogP contribution in [0.15, 0.2) is 35.5 Å². The molecule has 27 heavy (non-hydrogen) atoms. The van der Waals surface area contributed by atoms with Crippen molar-refractivity contribution in [1.82, 2.24) is 0 Å². The highest BCUT2D eigenvalue weighted by molar-refractivity contribution is 5.92. The second-order valence-electron chi connectivity index (χ2n) is 7.81. The predicted molar refractivity (Wildman–Crippen MR) is 93.3 cm³/mol. The fraction of sp³-hybridized carbons (Fsp3) is 0.600. The molecule has 146 valence electrons. The topological polar surface area (TPSA) is 106 Å². The number of hydrogen-bond donors (Lipinski definition) is 2. The Morgan fingerprint density at radius 1 is 1.44 bits per heavy atom. The number of carbonyl (C=O) groups excluding carboxylic acids is 2. The van der Waals surface area contributed by atoms with Crippen LogP contribution in [0.1, 0.15) is 19.8 Å². The van der Waals surface area contributed by atoms with Gasteiger partial charge in [0, 0.05) is 23.8 Å². The molecule has 2 heterocycles. The summed E-state index contributed by atoms with van der Waals surface area (Å²) in [4.78, 5) is 24.7. The Morgan fingerprint density at radius 2 is 2.19 bits per heavy atom. The Morgan fingerprint density at radius 3 is 2.81 bits per heavy atom. The van der Waals surface area contributed by atoms with E-state index in [1.165, 1.54) is 6.08 Å². The average molecular weight is 376 g/mol. The maximum absolute atomic E-state index is 12.5. The third-order valence-corrected chi connectivity index (χ3v) is 6.44. The van der Waals surface area contributed by atoms with E-state index >= 15 is 0 Å². The normalized spacial score (nSPS) is 40.2. The smallest absolute Gasteiger partial charge is 0.336 e. The fourth-order valence-electron chi connectivity index (χ4n) is 4.98. The Hall–Kier alpha value is -1.96. The number of ether oxygens (including phenoxy) is 3. The summed E-state index contributed by atoms with van der Waals surface area (Å²) in [5.74, 6) is -1.41. The SMILES string of the molecule is C=C1C(=O)OC2C1C(OC(=O)C(=CCO)CO)CC1(CO1)C1CC=C(C)C21. The number of epoxide rings is 1. The van der Waals surface area contributed by atoms with Crippen LogP contribution in [0.25, 0.3) is 0 Å². The number of esters is 2. The van der Waals surface area contributed by atoms with Crippen LogP contribution in [-0.2, 0) is 23.8 Å². The van der Waals surface area contributed by atoms with Crippen molar-refractivity contribution >= 4 is 11.9 Å². The first-order chi connectivity index (χ1) is 12.9. The predicted octanol–water partition coefficient (Wildman–Crippen LogP) is 0.662. The number of allylic oxidation sites excluding steroid dienone is 1. The fourth-order valence-corrected chi connectivity index (χ4v) is 4.98. The van der Waals surface area contributed by atoms with Gasteiger partial charge in [0.05, 0.1) is 36.9 Å². The average Bonchev–Trinajstić information content (AvgIpc) is 3.24. The van der Waals surface area contributed by atoms with Crippen molar-refractivity contribution in [2.45, 2.75) is 37.6 Å². The summed E-state index contributed by atoms with van der Waals surface area (Å²) < 4.78 is 17.2. The van der Waals surface area contributed by atoms with Gasteiger partial charge in [-0.3, -0.25) is 0 Å². The van der Waals surface area contributed by atoms with Crippen LogP contribution in [0.5, 0.6) is 0 Å². The molecule has 0 radical (unpaired) electrons. The van der Waals surface area contributed by atoms with E-state index < -0.39 is 36.7 Å². The lowest BCUT2D eigenvalue weighted by molar-refractivity contribution is -0.149. The molecule has 4 rings (SSSR count). The van der Waals surface area contributed by atoms with Gasteiger partial charge in [-0.05, 0) is 19.4 Å². The summed E-state index contributed by atoms with van der Waals surface area (Å²) in [6, 6.07) is 0. The van der Waals surface area contributed by atoms with Crippen molar-refractivity contribution in [2.75, 3.05) is 19.8 Å². The molecule has 7 heteroatoms. The molecule has 0 aromatic heterocycles. The van der Waals surface area contributed by atoms with E-state index in [0.29, 0.717) is 18.6 Å². The third kappa shape index (κ3) is 2.85. The largest absolute Gasteiger partial charge is 0.458 e. The molecule has 7 nitrogen and oxygen atoms in total. The lowest BCUT2D eigenvalue weighted by Gasteiger charge is -2.29. The molecule has 1 saturated carbocycles. The lowest BCUT2D eigenvalue weighted by atomic mass is 9.78. The number of rotatable bonds is 4. The first-order valence-electron chi connectivity index (χ1n) is 9.24. The van der Waals surface area contributed by atoms with Crippen LogP contribution in [-0.4, -0.2) is 59.8 Å². The van der Waals surface area contributed by atoms with Gasteiger partial charge in [0.15, 0.2) is 0 Å². The van der Waals surface area contributed by atoms with E-state index in [-0.39, 0.29) is 29.6 Å².